The second-order valence-electron chi connectivity index (χ2n) is 10.1. The Kier molecular flexibility index (Phi) is 6.92. The third kappa shape index (κ3) is 5.06. The number of aliphatic carboxylic acids is 1. The van der Waals surface area contributed by atoms with Crippen molar-refractivity contribution >= 4 is 55.2 Å². The van der Waals surface area contributed by atoms with Crippen molar-refractivity contribution in [1.29, 1.82) is 0 Å². The zero-order valence-electron chi connectivity index (χ0n) is 19.8. The van der Waals surface area contributed by atoms with Gasteiger partial charge in [-0.3, -0.25) is 9.59 Å². The average molecular weight is 571 g/mol. The molecule has 0 unspecified atom stereocenters. The number of hydrogen-bond donors (Lipinski definition) is 2. The first-order valence-electron chi connectivity index (χ1n) is 12.3. The van der Waals surface area contributed by atoms with Crippen LogP contribution < -0.4 is 0 Å². The maximum Gasteiger partial charge on any atom is 0.335 e. The summed E-state index contributed by atoms with van der Waals surface area (Å²) in [5, 5.41) is 20.2. The van der Waals surface area contributed by atoms with Crippen LogP contribution in [0.25, 0.3) is 20.5 Å². The predicted octanol–water partition coefficient (Wildman–Crippen LogP) is 6.80. The van der Waals surface area contributed by atoms with Crippen molar-refractivity contribution in [3.63, 3.8) is 0 Å². The van der Waals surface area contributed by atoms with Gasteiger partial charge in [0, 0.05) is 38.9 Å². The van der Waals surface area contributed by atoms with Gasteiger partial charge in [-0.25, -0.2) is 4.79 Å². The van der Waals surface area contributed by atoms with Gasteiger partial charge < -0.3 is 15.1 Å². The number of carbonyl (C=O) groups is 3. The lowest BCUT2D eigenvalue weighted by Crippen LogP contribution is -2.44. The Morgan fingerprint density at radius 2 is 1.72 bits per heavy atom. The van der Waals surface area contributed by atoms with Gasteiger partial charge in [0.1, 0.15) is 0 Å². The van der Waals surface area contributed by atoms with E-state index in [1.54, 1.807) is 28.4 Å². The van der Waals surface area contributed by atoms with Crippen LogP contribution in [0, 0.1) is 11.3 Å². The first-order valence-corrected chi connectivity index (χ1v) is 13.9. The van der Waals surface area contributed by atoms with Crippen LogP contribution in [0.1, 0.15) is 60.9 Å². The molecule has 36 heavy (non-hydrogen) atoms. The number of fused-ring (bicyclic) bond motifs is 1. The molecule has 1 amide bonds. The fourth-order valence-electron chi connectivity index (χ4n) is 5.17. The highest BCUT2D eigenvalue weighted by atomic mass is 79.9. The van der Waals surface area contributed by atoms with Crippen molar-refractivity contribution in [2.75, 3.05) is 6.54 Å². The van der Waals surface area contributed by atoms with Crippen molar-refractivity contribution in [3.05, 3.63) is 58.1 Å². The molecule has 2 fully saturated rings. The van der Waals surface area contributed by atoms with E-state index in [4.69, 9.17) is 0 Å². The fourth-order valence-corrected chi connectivity index (χ4v) is 7.18. The summed E-state index contributed by atoms with van der Waals surface area (Å²) in [4.78, 5) is 39.4. The van der Waals surface area contributed by atoms with Gasteiger partial charge in [-0.15, -0.1) is 11.3 Å². The molecule has 2 aromatic carbocycles. The van der Waals surface area contributed by atoms with E-state index in [1.165, 1.54) is 0 Å². The molecule has 1 aromatic heterocycles. The summed E-state index contributed by atoms with van der Waals surface area (Å²) in [7, 11) is 0. The third-order valence-corrected chi connectivity index (χ3v) is 9.79. The summed E-state index contributed by atoms with van der Waals surface area (Å²) >= 11 is 5.36. The minimum Gasteiger partial charge on any atom is -0.481 e. The van der Waals surface area contributed by atoms with Crippen LogP contribution in [0.2, 0.25) is 0 Å². The van der Waals surface area contributed by atoms with Gasteiger partial charge >= 0.3 is 11.9 Å². The van der Waals surface area contributed by atoms with Crippen molar-refractivity contribution in [2.45, 2.75) is 51.5 Å². The van der Waals surface area contributed by atoms with Gasteiger partial charge in [0.2, 0.25) is 5.91 Å². The summed E-state index contributed by atoms with van der Waals surface area (Å²) in [6.45, 7) is 0.652. The lowest BCUT2D eigenvalue weighted by Gasteiger charge is -2.32. The van der Waals surface area contributed by atoms with Crippen molar-refractivity contribution in [1.82, 2.24) is 4.90 Å². The molecule has 0 spiro atoms. The van der Waals surface area contributed by atoms with E-state index in [0.29, 0.717) is 31.7 Å². The van der Waals surface area contributed by atoms with Crippen LogP contribution in [0.5, 0.6) is 0 Å². The largest absolute Gasteiger partial charge is 0.481 e. The second kappa shape index (κ2) is 9.98. The lowest BCUT2D eigenvalue weighted by atomic mass is 9.85. The van der Waals surface area contributed by atoms with Gasteiger partial charge in [-0.2, -0.15) is 0 Å². The number of hydrogen-bond acceptors (Lipinski definition) is 4. The van der Waals surface area contributed by atoms with E-state index < -0.39 is 17.4 Å². The molecule has 6 nitrogen and oxygen atoms in total. The van der Waals surface area contributed by atoms with E-state index >= 15 is 0 Å². The Morgan fingerprint density at radius 3 is 2.33 bits per heavy atom. The molecule has 2 aliphatic carbocycles. The first-order chi connectivity index (χ1) is 17.3. The molecule has 0 atom stereocenters. The smallest absolute Gasteiger partial charge is 0.335 e. The van der Waals surface area contributed by atoms with Crippen LogP contribution in [0.4, 0.5) is 0 Å². The number of carbonyl (C=O) groups excluding carboxylic acids is 1. The number of nitrogens with zero attached hydrogens (tertiary/aromatic N) is 1. The molecule has 0 radical (unpaired) electrons. The molecule has 0 saturated heterocycles. The van der Waals surface area contributed by atoms with Gasteiger partial charge in [-0.1, -0.05) is 31.0 Å². The average Bonchev–Trinajstić information content (AvgIpc) is 3.43. The van der Waals surface area contributed by atoms with Crippen LogP contribution >= 0.6 is 27.3 Å². The summed E-state index contributed by atoms with van der Waals surface area (Å²) in [6, 6.07) is 13.0. The van der Waals surface area contributed by atoms with Crippen LogP contribution in [-0.4, -0.2) is 39.5 Å². The third-order valence-electron chi connectivity index (χ3n) is 7.48. The number of rotatable bonds is 9. The highest BCUT2D eigenvalue weighted by Crippen LogP contribution is 2.43. The van der Waals surface area contributed by atoms with Crippen LogP contribution in [0.15, 0.2) is 46.9 Å². The van der Waals surface area contributed by atoms with Crippen LogP contribution in [0.3, 0.4) is 0 Å². The monoisotopic (exact) mass is 569 g/mol. The molecule has 2 aliphatic rings. The molecule has 2 saturated carbocycles. The van der Waals surface area contributed by atoms with E-state index in [-0.39, 0.29) is 18.0 Å². The first kappa shape index (κ1) is 25.0. The molecule has 5 rings (SSSR count). The predicted molar refractivity (Wildman–Crippen MR) is 143 cm³/mol. The summed E-state index contributed by atoms with van der Waals surface area (Å²) in [6.07, 6.45) is 5.67. The Bertz CT molecular complexity index is 1320. The molecule has 1 heterocycles. The molecule has 8 heteroatoms. The molecular weight excluding hydrogens is 542 g/mol. The van der Waals surface area contributed by atoms with E-state index in [9.17, 15) is 24.6 Å². The van der Waals surface area contributed by atoms with Crippen molar-refractivity contribution < 1.29 is 24.6 Å². The molecule has 0 aliphatic heterocycles. The number of carboxylic acid groups (broad SMARTS) is 2. The van der Waals surface area contributed by atoms with E-state index in [0.717, 1.165) is 56.2 Å². The molecule has 188 valence electrons. The fraction of sp³-hybridized carbons (Fsp3) is 0.393. The number of aromatic carboxylic acids is 1. The molecule has 3 aromatic rings. The zero-order valence-corrected chi connectivity index (χ0v) is 22.2. The second-order valence-corrected chi connectivity index (χ2v) is 12.0. The number of carboxylic acids is 2. The zero-order chi connectivity index (χ0) is 25.4. The number of benzene rings is 2. The quantitative estimate of drug-likeness (QED) is 0.295. The maximum atomic E-state index is 13.2. The SMILES string of the molecule is O=C(O)c1ccc(-c2sc3ccc(CN(CC4(C(=O)O)CCCC4)C(=O)CC4CC4)cc3c2Br)cc1. The minimum atomic E-state index is -0.954. The van der Waals surface area contributed by atoms with E-state index in [1.807, 2.05) is 24.3 Å². The van der Waals surface area contributed by atoms with Crippen LogP contribution in [-0.2, 0) is 16.1 Å². The number of halogens is 1. The Morgan fingerprint density at radius 1 is 1.03 bits per heavy atom. The number of thiophene rings is 1. The highest BCUT2D eigenvalue weighted by Gasteiger charge is 2.44. The standard InChI is InChI=1S/C28H28BrNO5S/c29-24-21-13-18(5-10-22(21)36-25(24)19-6-8-20(9-7-19)26(32)33)15-30(23(31)14-17-3-4-17)16-28(27(34)35)11-1-2-12-28/h5-10,13,17H,1-4,11-12,14-16H2,(H,32,33)(H,34,35). The Hall–Kier alpha value is -2.71. The summed E-state index contributed by atoms with van der Waals surface area (Å²) in [5.41, 5.74) is 1.30. The van der Waals surface area contributed by atoms with Crippen molar-refractivity contribution in [2.24, 2.45) is 11.3 Å². The van der Waals surface area contributed by atoms with E-state index in [2.05, 4.69) is 22.0 Å². The van der Waals surface area contributed by atoms with Gasteiger partial charge in [0.15, 0.2) is 0 Å². The number of amides is 1. The Labute approximate surface area is 222 Å². The van der Waals surface area contributed by atoms with Gasteiger partial charge in [0.25, 0.3) is 0 Å². The van der Waals surface area contributed by atoms with Gasteiger partial charge in [0.05, 0.1) is 11.0 Å². The molecule has 0 bridgehead atoms. The van der Waals surface area contributed by atoms with Gasteiger partial charge in [-0.05, 0) is 82.9 Å². The highest BCUT2D eigenvalue weighted by molar-refractivity contribution is 9.10. The topological polar surface area (TPSA) is 94.9 Å². The van der Waals surface area contributed by atoms with Crippen molar-refractivity contribution in [3.8, 4) is 10.4 Å². The Balaban J connectivity index is 1.43. The normalized spacial score (nSPS) is 16.8. The lowest BCUT2D eigenvalue weighted by molar-refractivity contribution is -0.151. The minimum absolute atomic E-state index is 0.0497. The summed E-state index contributed by atoms with van der Waals surface area (Å²) in [5.74, 6) is -1.26. The molecule has 2 N–H and O–H groups in total. The maximum absolute atomic E-state index is 13.2. The molecular formula is C28H28BrNO5S. The summed E-state index contributed by atoms with van der Waals surface area (Å²) < 4.78 is 2.01.